The molecule has 4 heteroatoms. The van der Waals surface area contributed by atoms with E-state index < -0.39 is 0 Å². The summed E-state index contributed by atoms with van der Waals surface area (Å²) in [6.07, 6.45) is 1.58. The maximum atomic E-state index is 12.4. The van der Waals surface area contributed by atoms with Crippen LogP contribution in [0.2, 0.25) is 0 Å². The molecule has 1 aliphatic rings. The molecule has 104 valence electrons. The molecule has 1 aliphatic heterocycles. The summed E-state index contributed by atoms with van der Waals surface area (Å²) >= 11 is 0. The molecule has 0 aromatic heterocycles. The van der Waals surface area contributed by atoms with Crippen molar-refractivity contribution in [3.63, 3.8) is 0 Å². The number of hydrogen-bond donors (Lipinski definition) is 1. The zero-order valence-corrected chi connectivity index (χ0v) is 11.5. The van der Waals surface area contributed by atoms with E-state index in [1.54, 1.807) is 0 Å². The molecule has 0 saturated carbocycles. The Balaban J connectivity index is 2.07. The van der Waals surface area contributed by atoms with Crippen molar-refractivity contribution in [1.29, 1.82) is 0 Å². The first-order valence-corrected chi connectivity index (χ1v) is 6.93. The van der Waals surface area contributed by atoms with Crippen LogP contribution in [-0.4, -0.2) is 30.1 Å². The first-order chi connectivity index (χ1) is 9.26. The fourth-order valence-electron chi connectivity index (χ4n) is 2.44. The summed E-state index contributed by atoms with van der Waals surface area (Å²) < 4.78 is 5.48. The Morgan fingerprint density at radius 1 is 1.42 bits per heavy atom. The van der Waals surface area contributed by atoms with Gasteiger partial charge in [0.1, 0.15) is 6.10 Å². The van der Waals surface area contributed by atoms with Gasteiger partial charge >= 0.3 is 0 Å². The van der Waals surface area contributed by atoms with Crippen LogP contribution >= 0.6 is 0 Å². The van der Waals surface area contributed by atoms with Crippen LogP contribution in [0.1, 0.15) is 30.9 Å². The van der Waals surface area contributed by atoms with Gasteiger partial charge < -0.3 is 15.4 Å². The van der Waals surface area contributed by atoms with E-state index in [9.17, 15) is 4.79 Å². The predicted molar refractivity (Wildman–Crippen MR) is 74.4 cm³/mol. The maximum Gasteiger partial charge on any atom is 0.251 e. The van der Waals surface area contributed by atoms with E-state index in [2.05, 4.69) is 0 Å². The largest absolute Gasteiger partial charge is 0.368 e. The lowest BCUT2D eigenvalue weighted by Gasteiger charge is -2.25. The highest BCUT2D eigenvalue weighted by Gasteiger charge is 2.27. The second-order valence-electron chi connectivity index (χ2n) is 4.83. The Kier molecular flexibility index (Phi) is 4.93. The van der Waals surface area contributed by atoms with Crippen LogP contribution in [0.15, 0.2) is 24.3 Å². The molecule has 19 heavy (non-hydrogen) atoms. The monoisotopic (exact) mass is 262 g/mol. The molecule has 0 aliphatic carbocycles. The number of nitrogens with two attached hydrogens (primary N) is 1. The van der Waals surface area contributed by atoms with Crippen LogP contribution in [0.25, 0.3) is 0 Å². The molecular weight excluding hydrogens is 240 g/mol. The fourth-order valence-corrected chi connectivity index (χ4v) is 2.44. The third-order valence-corrected chi connectivity index (χ3v) is 3.60. The van der Waals surface area contributed by atoms with Gasteiger partial charge in [-0.1, -0.05) is 24.3 Å². The minimum Gasteiger partial charge on any atom is -0.368 e. The Bertz CT molecular complexity index is 428. The molecule has 4 nitrogen and oxygen atoms in total. The van der Waals surface area contributed by atoms with Crippen molar-refractivity contribution in [2.45, 2.75) is 39.0 Å². The maximum absolute atomic E-state index is 12.4. The molecule has 1 fully saturated rings. The number of likely N-dealkylation sites (N-methyl/N-ethyl adjacent to an activating group) is 1. The van der Waals surface area contributed by atoms with Gasteiger partial charge in [0.15, 0.2) is 0 Å². The third-order valence-electron chi connectivity index (χ3n) is 3.60. The Morgan fingerprint density at radius 3 is 2.74 bits per heavy atom. The van der Waals surface area contributed by atoms with Crippen LogP contribution < -0.4 is 5.73 Å². The molecule has 0 spiro atoms. The summed E-state index contributed by atoms with van der Waals surface area (Å²) in [4.78, 5) is 14.2. The van der Waals surface area contributed by atoms with Crippen molar-refractivity contribution in [3.8, 4) is 0 Å². The average molecular weight is 262 g/mol. The minimum absolute atomic E-state index is 0.104. The van der Waals surface area contributed by atoms with Gasteiger partial charge in [-0.3, -0.25) is 4.79 Å². The number of hydrogen-bond acceptors (Lipinski definition) is 3. The molecule has 2 rings (SSSR count). The van der Waals surface area contributed by atoms with Crippen LogP contribution in [-0.2, 0) is 22.6 Å². The number of benzene rings is 1. The number of carbonyl (C=O) groups is 1. The highest BCUT2D eigenvalue weighted by molar-refractivity contribution is 5.81. The van der Waals surface area contributed by atoms with E-state index in [0.717, 1.165) is 24.0 Å². The van der Waals surface area contributed by atoms with E-state index in [0.29, 0.717) is 26.2 Å². The lowest BCUT2D eigenvalue weighted by Crippen LogP contribution is -2.38. The average Bonchev–Trinajstić information content (AvgIpc) is 2.98. The highest BCUT2D eigenvalue weighted by atomic mass is 16.5. The normalized spacial score (nSPS) is 18.5. The molecule has 2 N–H and O–H groups in total. The Morgan fingerprint density at radius 2 is 2.16 bits per heavy atom. The zero-order chi connectivity index (χ0) is 13.7. The van der Waals surface area contributed by atoms with E-state index in [1.807, 2.05) is 36.1 Å². The summed E-state index contributed by atoms with van der Waals surface area (Å²) in [5.41, 5.74) is 7.96. The number of nitrogens with zero attached hydrogens (tertiary/aromatic N) is 1. The first-order valence-electron chi connectivity index (χ1n) is 6.93. The second kappa shape index (κ2) is 6.68. The number of ether oxygens (including phenoxy) is 1. The quantitative estimate of drug-likeness (QED) is 0.878. The first kappa shape index (κ1) is 14.0. The minimum atomic E-state index is -0.245. The fraction of sp³-hybridized carbons (Fsp3) is 0.533. The topological polar surface area (TPSA) is 55.6 Å². The van der Waals surface area contributed by atoms with Gasteiger partial charge in [0.05, 0.1) is 0 Å². The summed E-state index contributed by atoms with van der Waals surface area (Å²) in [6, 6.07) is 8.01. The third kappa shape index (κ3) is 3.33. The molecule has 1 unspecified atom stereocenters. The van der Waals surface area contributed by atoms with Crippen molar-refractivity contribution in [2.24, 2.45) is 5.73 Å². The summed E-state index contributed by atoms with van der Waals surface area (Å²) in [6.45, 7) is 4.51. The van der Waals surface area contributed by atoms with Gasteiger partial charge in [0.25, 0.3) is 5.91 Å². The standard InChI is InChI=1S/C15H22N2O2/c1-2-17(15(18)14-8-5-9-19-14)11-13-7-4-3-6-12(13)10-16/h3-4,6-7,14H,2,5,8-11,16H2,1H3. The Labute approximate surface area is 114 Å². The number of rotatable bonds is 5. The van der Waals surface area contributed by atoms with Crippen molar-refractivity contribution in [1.82, 2.24) is 4.90 Å². The lowest BCUT2D eigenvalue weighted by atomic mass is 10.1. The van der Waals surface area contributed by atoms with Crippen molar-refractivity contribution in [2.75, 3.05) is 13.2 Å². The lowest BCUT2D eigenvalue weighted by molar-refractivity contribution is -0.141. The van der Waals surface area contributed by atoms with Gasteiger partial charge in [-0.25, -0.2) is 0 Å². The number of amides is 1. The van der Waals surface area contributed by atoms with Crippen LogP contribution in [0.3, 0.4) is 0 Å². The highest BCUT2D eigenvalue weighted by Crippen LogP contribution is 2.17. The van der Waals surface area contributed by atoms with Gasteiger partial charge in [0, 0.05) is 26.2 Å². The molecule has 1 heterocycles. The number of carbonyl (C=O) groups excluding carboxylic acids is 1. The van der Waals surface area contributed by atoms with Gasteiger partial charge in [-0.15, -0.1) is 0 Å². The zero-order valence-electron chi connectivity index (χ0n) is 11.5. The van der Waals surface area contributed by atoms with Crippen molar-refractivity contribution in [3.05, 3.63) is 35.4 Å². The van der Waals surface area contributed by atoms with Gasteiger partial charge in [-0.05, 0) is 30.9 Å². The molecule has 1 aromatic carbocycles. The molecule has 0 radical (unpaired) electrons. The molecule has 1 atom stereocenters. The van der Waals surface area contributed by atoms with E-state index >= 15 is 0 Å². The van der Waals surface area contributed by atoms with E-state index in [-0.39, 0.29) is 12.0 Å². The summed E-state index contributed by atoms with van der Waals surface area (Å²) in [7, 11) is 0. The summed E-state index contributed by atoms with van der Waals surface area (Å²) in [5.74, 6) is 0.104. The molecule has 1 aromatic rings. The molecule has 1 amide bonds. The summed E-state index contributed by atoms with van der Waals surface area (Å²) in [5, 5.41) is 0. The van der Waals surface area contributed by atoms with Crippen molar-refractivity contribution < 1.29 is 9.53 Å². The van der Waals surface area contributed by atoms with Crippen LogP contribution in [0.4, 0.5) is 0 Å². The smallest absolute Gasteiger partial charge is 0.251 e. The van der Waals surface area contributed by atoms with E-state index in [4.69, 9.17) is 10.5 Å². The van der Waals surface area contributed by atoms with E-state index in [1.165, 1.54) is 0 Å². The molecule has 0 bridgehead atoms. The molecular formula is C15H22N2O2. The SMILES string of the molecule is CCN(Cc1ccccc1CN)C(=O)C1CCCO1. The second-order valence-corrected chi connectivity index (χ2v) is 4.83. The van der Waals surface area contributed by atoms with Crippen LogP contribution in [0, 0.1) is 0 Å². The van der Waals surface area contributed by atoms with Crippen molar-refractivity contribution >= 4 is 5.91 Å². The Hall–Kier alpha value is -1.39. The van der Waals surface area contributed by atoms with Gasteiger partial charge in [-0.2, -0.15) is 0 Å². The molecule has 1 saturated heterocycles. The van der Waals surface area contributed by atoms with Crippen LogP contribution in [0.5, 0.6) is 0 Å². The predicted octanol–water partition coefficient (Wildman–Crippen LogP) is 1.67. The van der Waals surface area contributed by atoms with Gasteiger partial charge in [0.2, 0.25) is 0 Å².